The summed E-state index contributed by atoms with van der Waals surface area (Å²) >= 11 is 0. The molecule has 8 nitrogen and oxygen atoms in total. The van der Waals surface area contributed by atoms with Crippen molar-refractivity contribution in [2.45, 2.75) is 76.8 Å². The van der Waals surface area contributed by atoms with E-state index in [0.29, 0.717) is 13.2 Å². The minimum absolute atomic E-state index is 0.170. The maximum absolute atomic E-state index is 12.6. The van der Waals surface area contributed by atoms with Gasteiger partial charge in [-0.15, -0.1) is 0 Å². The summed E-state index contributed by atoms with van der Waals surface area (Å²) in [7, 11) is 0. The first-order chi connectivity index (χ1) is 16.7. The van der Waals surface area contributed by atoms with E-state index in [1.165, 1.54) is 0 Å². The molecule has 4 rings (SSSR count). The summed E-state index contributed by atoms with van der Waals surface area (Å²) in [6.07, 6.45) is -1.96. The number of rotatable bonds is 8. The summed E-state index contributed by atoms with van der Waals surface area (Å²) in [5, 5.41) is 2.90. The number of benzene rings is 2. The highest BCUT2D eigenvalue weighted by atomic mass is 16.8. The van der Waals surface area contributed by atoms with E-state index in [4.69, 9.17) is 28.4 Å². The molecule has 2 aromatic rings. The summed E-state index contributed by atoms with van der Waals surface area (Å²) < 4.78 is 35.9. The predicted molar refractivity (Wildman–Crippen MR) is 128 cm³/mol. The Morgan fingerprint density at radius 3 is 2.11 bits per heavy atom. The minimum atomic E-state index is -0.845. The molecule has 0 saturated carbocycles. The Kier molecular flexibility index (Phi) is 8.09. The van der Waals surface area contributed by atoms with Crippen molar-refractivity contribution in [1.82, 2.24) is 5.32 Å². The van der Waals surface area contributed by atoms with Crippen molar-refractivity contribution in [3.63, 3.8) is 0 Å². The van der Waals surface area contributed by atoms with Crippen LogP contribution in [-0.2, 0) is 41.6 Å². The molecule has 0 radical (unpaired) electrons. The summed E-state index contributed by atoms with van der Waals surface area (Å²) in [6, 6.07) is 19.0. The molecule has 35 heavy (non-hydrogen) atoms. The van der Waals surface area contributed by atoms with Crippen molar-refractivity contribution in [3.05, 3.63) is 71.8 Å². The van der Waals surface area contributed by atoms with Gasteiger partial charge in [-0.05, 0) is 38.8 Å². The van der Waals surface area contributed by atoms with Crippen molar-refractivity contribution in [3.8, 4) is 0 Å². The van der Waals surface area contributed by atoms with Gasteiger partial charge in [0.05, 0.1) is 25.9 Å². The second-order valence-corrected chi connectivity index (χ2v) is 9.75. The normalized spacial score (nSPS) is 27.3. The number of hydrogen-bond acceptors (Lipinski definition) is 7. The van der Waals surface area contributed by atoms with Crippen LogP contribution in [0.25, 0.3) is 0 Å². The lowest BCUT2D eigenvalue weighted by Gasteiger charge is -2.43. The average Bonchev–Trinajstić information content (AvgIpc) is 3.14. The van der Waals surface area contributed by atoms with E-state index in [1.807, 2.05) is 88.4 Å². The number of amides is 1. The highest BCUT2D eigenvalue weighted by Gasteiger charge is 2.51. The van der Waals surface area contributed by atoms with Gasteiger partial charge in [-0.3, -0.25) is 0 Å². The van der Waals surface area contributed by atoms with Gasteiger partial charge in [0.15, 0.2) is 11.6 Å². The lowest BCUT2D eigenvalue weighted by Crippen LogP contribution is -2.61. The predicted octanol–water partition coefficient (Wildman–Crippen LogP) is 4.17. The van der Waals surface area contributed by atoms with E-state index in [1.54, 1.807) is 0 Å². The lowest BCUT2D eigenvalue weighted by atomic mass is 9.99. The Hall–Kier alpha value is -2.49. The zero-order valence-electron chi connectivity index (χ0n) is 20.8. The van der Waals surface area contributed by atoms with Gasteiger partial charge in [0.2, 0.25) is 0 Å². The summed E-state index contributed by atoms with van der Waals surface area (Å²) in [5.41, 5.74) is 1.98. The Labute approximate surface area is 206 Å². The summed E-state index contributed by atoms with van der Waals surface area (Å²) in [6.45, 7) is 8.59. The topological polar surface area (TPSA) is 84.5 Å². The van der Waals surface area contributed by atoms with E-state index in [2.05, 4.69) is 5.32 Å². The molecule has 8 heteroatoms. The minimum Gasteiger partial charge on any atom is -0.445 e. The molecule has 0 aliphatic carbocycles. The smallest absolute Gasteiger partial charge is 0.407 e. The van der Waals surface area contributed by atoms with Crippen LogP contribution in [0.15, 0.2) is 60.7 Å². The lowest BCUT2D eigenvalue weighted by molar-refractivity contribution is -0.301. The van der Waals surface area contributed by atoms with Crippen molar-refractivity contribution >= 4 is 6.09 Å². The van der Waals surface area contributed by atoms with E-state index in [0.717, 1.165) is 11.1 Å². The van der Waals surface area contributed by atoms with Gasteiger partial charge in [0, 0.05) is 0 Å². The first kappa shape index (κ1) is 25.6. The van der Waals surface area contributed by atoms with Crippen LogP contribution in [0, 0.1) is 0 Å². The van der Waals surface area contributed by atoms with Gasteiger partial charge in [-0.2, -0.15) is 0 Å². The number of ether oxygens (including phenoxy) is 6. The Morgan fingerprint density at radius 2 is 1.46 bits per heavy atom. The van der Waals surface area contributed by atoms with Crippen LogP contribution in [0.1, 0.15) is 38.8 Å². The molecular weight excluding hydrogens is 450 g/mol. The molecule has 4 atom stereocenters. The molecule has 0 aromatic heterocycles. The third-order valence-corrected chi connectivity index (χ3v) is 5.88. The maximum Gasteiger partial charge on any atom is 0.407 e. The first-order valence-corrected chi connectivity index (χ1v) is 12.0. The van der Waals surface area contributed by atoms with Crippen molar-refractivity contribution in [2.24, 2.45) is 0 Å². The first-order valence-electron chi connectivity index (χ1n) is 12.0. The Bertz CT molecular complexity index is 951. The average molecular weight is 486 g/mol. The fourth-order valence-electron chi connectivity index (χ4n) is 4.30. The number of hydrogen-bond donors (Lipinski definition) is 1. The molecule has 2 aromatic carbocycles. The third-order valence-electron chi connectivity index (χ3n) is 5.88. The van der Waals surface area contributed by atoms with Gasteiger partial charge >= 0.3 is 6.09 Å². The van der Waals surface area contributed by atoms with Crippen LogP contribution in [0.4, 0.5) is 4.79 Å². The fraction of sp³-hybridized carbons (Fsp3) is 0.519. The van der Waals surface area contributed by atoms with Gasteiger partial charge in [0.25, 0.3) is 0 Å². The van der Waals surface area contributed by atoms with E-state index < -0.39 is 42.0 Å². The van der Waals surface area contributed by atoms with E-state index in [-0.39, 0.29) is 13.2 Å². The molecule has 1 N–H and O–H groups in total. The fourth-order valence-corrected chi connectivity index (χ4v) is 4.30. The molecule has 2 heterocycles. The molecule has 1 amide bonds. The van der Waals surface area contributed by atoms with Crippen LogP contribution in [-0.4, -0.2) is 55.2 Å². The SMILES string of the molecule is CC1(C)OC[C@@H](NC(=O)OCc2ccccc2)[C@@H]([C@@H]2OC(C)(C)O[C@H]2COCc2ccccc2)O1. The quantitative estimate of drug-likeness (QED) is 0.601. The number of carbonyl (C=O) groups excluding carboxylic acids is 1. The third kappa shape index (κ3) is 7.25. The molecule has 2 aliphatic rings. The van der Waals surface area contributed by atoms with Gasteiger partial charge < -0.3 is 33.7 Å². The second kappa shape index (κ2) is 11.1. The summed E-state index contributed by atoms with van der Waals surface area (Å²) in [4.78, 5) is 12.6. The molecule has 190 valence electrons. The highest BCUT2D eigenvalue weighted by Crippen LogP contribution is 2.36. The molecule has 0 bridgehead atoms. The van der Waals surface area contributed by atoms with Crippen LogP contribution in [0.5, 0.6) is 0 Å². The molecule has 0 unspecified atom stereocenters. The van der Waals surface area contributed by atoms with Gasteiger partial charge in [0.1, 0.15) is 24.9 Å². The Morgan fingerprint density at radius 1 is 0.857 bits per heavy atom. The highest BCUT2D eigenvalue weighted by molar-refractivity contribution is 5.67. The van der Waals surface area contributed by atoms with Crippen LogP contribution >= 0.6 is 0 Å². The van der Waals surface area contributed by atoms with E-state index in [9.17, 15) is 4.79 Å². The number of carbonyl (C=O) groups is 1. The van der Waals surface area contributed by atoms with Gasteiger partial charge in [-0.1, -0.05) is 60.7 Å². The Balaban J connectivity index is 1.41. The van der Waals surface area contributed by atoms with Crippen molar-refractivity contribution in [2.75, 3.05) is 13.2 Å². The zero-order valence-corrected chi connectivity index (χ0v) is 20.8. The van der Waals surface area contributed by atoms with Crippen molar-refractivity contribution < 1.29 is 33.2 Å². The maximum atomic E-state index is 12.6. The standard InChI is InChI=1S/C27H35NO7/c1-26(2)32-17-21(28-25(29)31-16-20-13-9-6-10-14-20)23(34-26)24-22(33-27(3,4)35-24)18-30-15-19-11-7-5-8-12-19/h5-14,21-24H,15-18H2,1-4H3,(H,28,29)/t21-,22+,23+,24-/m1/s1. The molecule has 2 fully saturated rings. The van der Waals surface area contributed by atoms with Crippen LogP contribution in [0.2, 0.25) is 0 Å². The molecular formula is C27H35NO7. The summed E-state index contributed by atoms with van der Waals surface area (Å²) in [5.74, 6) is -1.67. The largest absolute Gasteiger partial charge is 0.445 e. The number of nitrogens with one attached hydrogen (secondary N) is 1. The van der Waals surface area contributed by atoms with Gasteiger partial charge in [-0.25, -0.2) is 4.79 Å². The van der Waals surface area contributed by atoms with Crippen LogP contribution < -0.4 is 5.32 Å². The van der Waals surface area contributed by atoms with E-state index >= 15 is 0 Å². The zero-order chi connectivity index (χ0) is 24.9. The molecule has 2 saturated heterocycles. The number of alkyl carbamates (subject to hydrolysis) is 1. The second-order valence-electron chi connectivity index (χ2n) is 9.75. The van der Waals surface area contributed by atoms with Crippen LogP contribution in [0.3, 0.4) is 0 Å². The molecule has 2 aliphatic heterocycles. The van der Waals surface area contributed by atoms with Crippen molar-refractivity contribution in [1.29, 1.82) is 0 Å². The molecule has 0 spiro atoms. The monoisotopic (exact) mass is 485 g/mol.